The van der Waals surface area contributed by atoms with Crippen molar-refractivity contribution in [3.8, 4) is 0 Å². The van der Waals surface area contributed by atoms with E-state index < -0.39 is 12.1 Å². The molecule has 3 heteroatoms. The first-order valence-corrected chi connectivity index (χ1v) is 6.57. The summed E-state index contributed by atoms with van der Waals surface area (Å²) in [5, 5.41) is 9.50. The molecule has 0 fully saturated rings. The molecule has 0 amide bonds. The molecule has 1 atom stereocenters. The molecular formula is C13H26O3. The highest BCUT2D eigenvalue weighted by Gasteiger charge is 2.15. The molecule has 0 aromatic carbocycles. The first-order chi connectivity index (χ1) is 7.72. The highest BCUT2D eigenvalue weighted by atomic mass is 16.5. The molecule has 96 valence electrons. The minimum Gasteiger partial charge on any atom is -0.464 e. The van der Waals surface area contributed by atoms with E-state index in [1.54, 1.807) is 0 Å². The maximum atomic E-state index is 11.3. The highest BCUT2D eigenvalue weighted by Crippen LogP contribution is 2.08. The number of unbranched alkanes of at least 4 members (excludes halogenated alkanes) is 5. The molecule has 1 N–H and O–H groups in total. The fourth-order valence-electron chi connectivity index (χ4n) is 1.47. The Balaban J connectivity index is 3.40. The summed E-state index contributed by atoms with van der Waals surface area (Å²) in [5.74, 6) is -0.455. The van der Waals surface area contributed by atoms with Gasteiger partial charge in [0.2, 0.25) is 0 Å². The molecule has 0 aliphatic carbocycles. The van der Waals surface area contributed by atoms with Gasteiger partial charge in [0.15, 0.2) is 6.10 Å². The molecule has 0 saturated heterocycles. The summed E-state index contributed by atoms with van der Waals surface area (Å²) in [7, 11) is 0. The van der Waals surface area contributed by atoms with Crippen molar-refractivity contribution in [3.05, 3.63) is 0 Å². The van der Waals surface area contributed by atoms with Crippen molar-refractivity contribution in [3.63, 3.8) is 0 Å². The lowest BCUT2D eigenvalue weighted by molar-refractivity contribution is -0.154. The Morgan fingerprint density at radius 3 is 2.31 bits per heavy atom. The molecule has 1 unspecified atom stereocenters. The van der Waals surface area contributed by atoms with Crippen LogP contribution in [0, 0.1) is 0 Å². The Morgan fingerprint density at radius 2 is 1.69 bits per heavy atom. The second kappa shape index (κ2) is 10.9. The van der Waals surface area contributed by atoms with E-state index in [9.17, 15) is 9.90 Å². The molecule has 0 aliphatic heterocycles. The minimum absolute atomic E-state index is 0.433. The van der Waals surface area contributed by atoms with Crippen LogP contribution in [0.4, 0.5) is 0 Å². The summed E-state index contributed by atoms with van der Waals surface area (Å²) in [6, 6.07) is 0. The molecule has 0 radical (unpaired) electrons. The van der Waals surface area contributed by atoms with Gasteiger partial charge in [-0.1, -0.05) is 52.4 Å². The zero-order chi connectivity index (χ0) is 12.2. The van der Waals surface area contributed by atoms with Crippen LogP contribution < -0.4 is 0 Å². The SMILES string of the molecule is CCCCCCCC(O)C(=O)OCCCC. The molecule has 3 nitrogen and oxygen atoms in total. The molecule has 0 bridgehead atoms. The van der Waals surface area contributed by atoms with E-state index in [1.807, 2.05) is 6.92 Å². The van der Waals surface area contributed by atoms with Crippen LogP contribution in [0.3, 0.4) is 0 Å². The summed E-state index contributed by atoms with van der Waals surface area (Å²) in [5.41, 5.74) is 0. The van der Waals surface area contributed by atoms with Gasteiger partial charge in [0.25, 0.3) is 0 Å². The molecule has 0 aliphatic rings. The van der Waals surface area contributed by atoms with Crippen molar-refractivity contribution in [1.29, 1.82) is 0 Å². The van der Waals surface area contributed by atoms with Crippen LogP contribution in [-0.4, -0.2) is 23.8 Å². The average molecular weight is 230 g/mol. The number of aliphatic hydroxyl groups is 1. The highest BCUT2D eigenvalue weighted by molar-refractivity contribution is 5.74. The second-order valence-corrected chi connectivity index (χ2v) is 4.24. The average Bonchev–Trinajstić information content (AvgIpc) is 2.28. The maximum Gasteiger partial charge on any atom is 0.334 e. The maximum absolute atomic E-state index is 11.3. The Hall–Kier alpha value is -0.570. The van der Waals surface area contributed by atoms with Crippen LogP contribution in [0.1, 0.15) is 65.2 Å². The third kappa shape index (κ3) is 8.72. The van der Waals surface area contributed by atoms with Gasteiger partial charge >= 0.3 is 5.97 Å². The lowest BCUT2D eigenvalue weighted by Gasteiger charge is -2.10. The smallest absolute Gasteiger partial charge is 0.334 e. The van der Waals surface area contributed by atoms with Crippen LogP contribution >= 0.6 is 0 Å². The van der Waals surface area contributed by atoms with Gasteiger partial charge in [-0.05, 0) is 12.8 Å². The van der Waals surface area contributed by atoms with E-state index >= 15 is 0 Å². The van der Waals surface area contributed by atoms with E-state index in [0.29, 0.717) is 13.0 Å². The number of rotatable bonds is 10. The molecule has 0 heterocycles. The van der Waals surface area contributed by atoms with E-state index in [0.717, 1.165) is 25.7 Å². The Labute approximate surface area is 99.2 Å². The number of aliphatic hydroxyl groups excluding tert-OH is 1. The summed E-state index contributed by atoms with van der Waals surface area (Å²) >= 11 is 0. The predicted octanol–water partition coefficient (Wildman–Crippen LogP) is 3.05. The van der Waals surface area contributed by atoms with Gasteiger partial charge in [0, 0.05) is 0 Å². The first-order valence-electron chi connectivity index (χ1n) is 6.57. The zero-order valence-corrected chi connectivity index (χ0v) is 10.7. The van der Waals surface area contributed by atoms with Crippen LogP contribution in [0.25, 0.3) is 0 Å². The predicted molar refractivity (Wildman–Crippen MR) is 65.2 cm³/mol. The van der Waals surface area contributed by atoms with E-state index in [2.05, 4.69) is 6.92 Å². The third-order valence-corrected chi connectivity index (χ3v) is 2.60. The third-order valence-electron chi connectivity index (χ3n) is 2.60. The van der Waals surface area contributed by atoms with E-state index in [1.165, 1.54) is 19.3 Å². The minimum atomic E-state index is -0.918. The summed E-state index contributed by atoms with van der Waals surface area (Å²) in [6.07, 6.45) is 7.12. The zero-order valence-electron chi connectivity index (χ0n) is 10.7. The molecule has 0 rings (SSSR count). The summed E-state index contributed by atoms with van der Waals surface area (Å²) in [6.45, 7) is 4.64. The number of carbonyl (C=O) groups excluding carboxylic acids is 1. The fourth-order valence-corrected chi connectivity index (χ4v) is 1.47. The van der Waals surface area contributed by atoms with Crippen molar-refractivity contribution < 1.29 is 14.6 Å². The van der Waals surface area contributed by atoms with Gasteiger partial charge in [-0.15, -0.1) is 0 Å². The van der Waals surface area contributed by atoms with E-state index in [-0.39, 0.29) is 0 Å². The van der Waals surface area contributed by atoms with Crippen LogP contribution in [0.2, 0.25) is 0 Å². The van der Waals surface area contributed by atoms with Crippen molar-refractivity contribution in [2.75, 3.05) is 6.61 Å². The van der Waals surface area contributed by atoms with Crippen molar-refractivity contribution in [2.45, 2.75) is 71.3 Å². The van der Waals surface area contributed by atoms with Gasteiger partial charge in [-0.3, -0.25) is 0 Å². The molecule has 0 aromatic heterocycles. The number of hydrogen-bond donors (Lipinski definition) is 1. The van der Waals surface area contributed by atoms with Gasteiger partial charge in [0.1, 0.15) is 0 Å². The van der Waals surface area contributed by atoms with Gasteiger partial charge in [-0.2, -0.15) is 0 Å². The number of hydrogen-bond acceptors (Lipinski definition) is 3. The number of esters is 1. The summed E-state index contributed by atoms with van der Waals surface area (Å²) < 4.78 is 4.93. The standard InChI is InChI=1S/C13H26O3/c1-3-5-7-8-9-10-12(14)13(15)16-11-6-4-2/h12,14H,3-11H2,1-2H3. The molecule has 16 heavy (non-hydrogen) atoms. The monoisotopic (exact) mass is 230 g/mol. The molecule has 0 saturated carbocycles. The fraction of sp³-hybridized carbons (Fsp3) is 0.923. The summed E-state index contributed by atoms with van der Waals surface area (Å²) in [4.78, 5) is 11.3. The van der Waals surface area contributed by atoms with Crippen molar-refractivity contribution in [2.24, 2.45) is 0 Å². The van der Waals surface area contributed by atoms with Gasteiger partial charge < -0.3 is 9.84 Å². The van der Waals surface area contributed by atoms with Crippen LogP contribution in [-0.2, 0) is 9.53 Å². The van der Waals surface area contributed by atoms with Crippen LogP contribution in [0.15, 0.2) is 0 Å². The van der Waals surface area contributed by atoms with Crippen LogP contribution in [0.5, 0.6) is 0 Å². The molecule has 0 spiro atoms. The number of carbonyl (C=O) groups is 1. The Bertz CT molecular complexity index is 169. The lowest BCUT2D eigenvalue weighted by atomic mass is 10.1. The largest absolute Gasteiger partial charge is 0.464 e. The van der Waals surface area contributed by atoms with Gasteiger partial charge in [0.05, 0.1) is 6.61 Å². The number of ether oxygens (including phenoxy) is 1. The quantitative estimate of drug-likeness (QED) is 0.463. The normalized spacial score (nSPS) is 12.4. The topological polar surface area (TPSA) is 46.5 Å². The molecule has 0 aromatic rings. The van der Waals surface area contributed by atoms with Gasteiger partial charge in [-0.25, -0.2) is 4.79 Å². The van der Waals surface area contributed by atoms with E-state index in [4.69, 9.17) is 4.74 Å². The molecular weight excluding hydrogens is 204 g/mol. The van der Waals surface area contributed by atoms with Crippen molar-refractivity contribution in [1.82, 2.24) is 0 Å². The lowest BCUT2D eigenvalue weighted by Crippen LogP contribution is -2.23. The Morgan fingerprint density at radius 1 is 1.06 bits per heavy atom. The van der Waals surface area contributed by atoms with Crippen molar-refractivity contribution >= 4 is 5.97 Å². The first kappa shape index (κ1) is 15.4. The Kier molecular flexibility index (Phi) is 10.5. The second-order valence-electron chi connectivity index (χ2n) is 4.24.